The molecule has 0 atom stereocenters. The van der Waals surface area contributed by atoms with Gasteiger partial charge in [-0.15, -0.1) is 0 Å². The standard InChI is InChI=1S/C14H12ClN5O2/c1-7-6-10(21)20-14(17-7)11(12(16)22)13(19-20)18-9-4-2-8(15)3-5-9/h2-6,18-19H,1H3,(H2,16,22). The minimum atomic E-state index is -0.687. The van der Waals surface area contributed by atoms with E-state index in [9.17, 15) is 9.59 Å². The normalized spacial score (nSPS) is 10.8. The van der Waals surface area contributed by atoms with Gasteiger partial charge in [0.1, 0.15) is 11.4 Å². The number of aromatic nitrogens is 3. The third-order valence-electron chi connectivity index (χ3n) is 3.10. The molecule has 1 aromatic carbocycles. The number of hydrogen-bond donors (Lipinski definition) is 3. The molecule has 0 unspecified atom stereocenters. The van der Waals surface area contributed by atoms with Crippen LogP contribution in [0.5, 0.6) is 0 Å². The van der Waals surface area contributed by atoms with Crippen LogP contribution in [0.25, 0.3) is 5.65 Å². The topological polar surface area (TPSA) is 105 Å². The number of aromatic amines is 1. The zero-order valence-electron chi connectivity index (χ0n) is 11.6. The number of carbonyl (C=O) groups is 1. The zero-order chi connectivity index (χ0) is 15.9. The predicted octanol–water partition coefficient (Wildman–Crippen LogP) is 1.83. The lowest BCUT2D eigenvalue weighted by Gasteiger charge is -2.05. The maximum atomic E-state index is 12.0. The fourth-order valence-electron chi connectivity index (χ4n) is 2.15. The van der Waals surface area contributed by atoms with Gasteiger partial charge in [-0.05, 0) is 31.2 Å². The molecular weight excluding hydrogens is 306 g/mol. The monoisotopic (exact) mass is 317 g/mol. The zero-order valence-corrected chi connectivity index (χ0v) is 12.3. The number of amides is 1. The van der Waals surface area contributed by atoms with Crippen LogP contribution in [0.1, 0.15) is 16.1 Å². The number of rotatable bonds is 3. The van der Waals surface area contributed by atoms with Crippen LogP contribution in [-0.2, 0) is 0 Å². The Morgan fingerprint density at radius 1 is 1.36 bits per heavy atom. The highest BCUT2D eigenvalue weighted by Crippen LogP contribution is 2.23. The van der Waals surface area contributed by atoms with Crippen molar-refractivity contribution in [3.63, 3.8) is 0 Å². The third-order valence-corrected chi connectivity index (χ3v) is 3.36. The number of halogens is 1. The van der Waals surface area contributed by atoms with Gasteiger partial charge in [0.15, 0.2) is 5.65 Å². The van der Waals surface area contributed by atoms with Crippen LogP contribution in [0.15, 0.2) is 35.1 Å². The number of benzene rings is 1. The van der Waals surface area contributed by atoms with E-state index in [2.05, 4.69) is 15.4 Å². The highest BCUT2D eigenvalue weighted by atomic mass is 35.5. The molecule has 0 fully saturated rings. The summed E-state index contributed by atoms with van der Waals surface area (Å²) >= 11 is 5.83. The van der Waals surface area contributed by atoms with E-state index in [0.29, 0.717) is 22.2 Å². The molecule has 0 saturated heterocycles. The van der Waals surface area contributed by atoms with E-state index in [1.807, 2.05) is 0 Å². The number of aryl methyl sites for hydroxylation is 1. The second kappa shape index (κ2) is 5.19. The molecule has 3 aromatic rings. The van der Waals surface area contributed by atoms with Gasteiger partial charge in [0.25, 0.3) is 11.5 Å². The molecule has 7 nitrogen and oxygen atoms in total. The van der Waals surface area contributed by atoms with E-state index >= 15 is 0 Å². The molecule has 4 N–H and O–H groups in total. The Labute approximate surface area is 129 Å². The number of nitrogens with two attached hydrogens (primary N) is 1. The molecule has 0 bridgehead atoms. The first-order chi connectivity index (χ1) is 10.5. The lowest BCUT2D eigenvalue weighted by molar-refractivity contribution is 0.100. The van der Waals surface area contributed by atoms with Crippen LogP contribution in [0.2, 0.25) is 5.02 Å². The Balaban J connectivity index is 2.18. The summed E-state index contributed by atoms with van der Waals surface area (Å²) < 4.78 is 1.17. The molecule has 1 amide bonds. The number of carbonyl (C=O) groups excluding carboxylic acids is 1. The molecule has 0 aliphatic heterocycles. The summed E-state index contributed by atoms with van der Waals surface area (Å²) in [6.45, 7) is 1.67. The number of nitrogens with one attached hydrogen (secondary N) is 2. The lowest BCUT2D eigenvalue weighted by atomic mass is 10.2. The highest BCUT2D eigenvalue weighted by Gasteiger charge is 2.19. The summed E-state index contributed by atoms with van der Waals surface area (Å²) in [6, 6.07) is 8.23. The minimum Gasteiger partial charge on any atom is -0.365 e. The fraction of sp³-hybridized carbons (Fsp3) is 0.0714. The molecule has 0 spiro atoms. The molecule has 2 heterocycles. The van der Waals surface area contributed by atoms with E-state index in [0.717, 1.165) is 0 Å². The van der Waals surface area contributed by atoms with Crippen LogP contribution < -0.4 is 16.6 Å². The number of primary amides is 1. The average molecular weight is 318 g/mol. The molecule has 112 valence electrons. The summed E-state index contributed by atoms with van der Waals surface area (Å²) in [5.41, 5.74) is 6.60. The van der Waals surface area contributed by atoms with Gasteiger partial charge < -0.3 is 11.1 Å². The summed E-state index contributed by atoms with van der Waals surface area (Å²) in [5.74, 6) is -0.391. The first-order valence-electron chi connectivity index (χ1n) is 6.40. The van der Waals surface area contributed by atoms with Crippen molar-refractivity contribution in [3.05, 3.63) is 57.0 Å². The molecule has 3 rings (SSSR count). The molecule has 0 aliphatic carbocycles. The van der Waals surface area contributed by atoms with Crippen LogP contribution in [0, 0.1) is 6.92 Å². The van der Waals surface area contributed by atoms with Crippen molar-refractivity contribution in [3.8, 4) is 0 Å². The molecule has 0 saturated carbocycles. The Hall–Kier alpha value is -2.80. The second-order valence-corrected chi connectivity index (χ2v) is 5.19. The van der Waals surface area contributed by atoms with E-state index in [4.69, 9.17) is 17.3 Å². The molecular formula is C14H12ClN5O2. The minimum absolute atomic E-state index is 0.121. The fourth-order valence-corrected chi connectivity index (χ4v) is 2.28. The Morgan fingerprint density at radius 3 is 2.68 bits per heavy atom. The van der Waals surface area contributed by atoms with E-state index in [1.165, 1.54) is 10.6 Å². The largest absolute Gasteiger partial charge is 0.365 e. The SMILES string of the molecule is Cc1cc(=O)n2[nH]c(Nc3ccc(Cl)cc3)c(C(N)=O)c2n1. The lowest BCUT2D eigenvalue weighted by Crippen LogP contribution is -2.16. The first kappa shape index (κ1) is 14.2. The second-order valence-electron chi connectivity index (χ2n) is 4.75. The number of nitrogens with zero attached hydrogens (tertiary/aromatic N) is 2. The van der Waals surface area contributed by atoms with Crippen molar-refractivity contribution in [2.45, 2.75) is 6.92 Å². The molecule has 22 heavy (non-hydrogen) atoms. The maximum Gasteiger partial charge on any atom is 0.272 e. The maximum absolute atomic E-state index is 12.0. The van der Waals surface area contributed by atoms with Gasteiger partial charge in [-0.2, -0.15) is 4.52 Å². The van der Waals surface area contributed by atoms with Gasteiger partial charge in [-0.25, -0.2) is 4.98 Å². The van der Waals surface area contributed by atoms with E-state index in [1.54, 1.807) is 31.2 Å². The summed E-state index contributed by atoms with van der Waals surface area (Å²) in [5, 5.41) is 6.39. The van der Waals surface area contributed by atoms with Crippen molar-refractivity contribution < 1.29 is 4.79 Å². The summed E-state index contributed by atoms with van der Waals surface area (Å²) in [6.07, 6.45) is 0. The van der Waals surface area contributed by atoms with Crippen LogP contribution in [-0.4, -0.2) is 20.5 Å². The van der Waals surface area contributed by atoms with Gasteiger partial charge in [0.05, 0.1) is 0 Å². The van der Waals surface area contributed by atoms with Gasteiger partial charge in [0.2, 0.25) is 0 Å². The van der Waals surface area contributed by atoms with Gasteiger partial charge in [-0.1, -0.05) is 11.6 Å². The van der Waals surface area contributed by atoms with Gasteiger partial charge >= 0.3 is 0 Å². The Kier molecular flexibility index (Phi) is 3.34. The predicted molar refractivity (Wildman–Crippen MR) is 83.8 cm³/mol. The smallest absolute Gasteiger partial charge is 0.272 e. The van der Waals surface area contributed by atoms with Gasteiger partial charge in [-0.3, -0.25) is 14.7 Å². The number of hydrogen-bond acceptors (Lipinski definition) is 4. The summed E-state index contributed by atoms with van der Waals surface area (Å²) in [7, 11) is 0. The summed E-state index contributed by atoms with van der Waals surface area (Å²) in [4.78, 5) is 27.9. The van der Waals surface area contributed by atoms with Crippen molar-refractivity contribution >= 4 is 34.7 Å². The van der Waals surface area contributed by atoms with Gasteiger partial charge in [0, 0.05) is 22.5 Å². The third kappa shape index (κ3) is 2.42. The molecule has 0 aliphatic rings. The first-order valence-corrected chi connectivity index (χ1v) is 6.78. The number of H-pyrrole nitrogens is 1. The van der Waals surface area contributed by atoms with Crippen molar-refractivity contribution in [2.75, 3.05) is 5.32 Å². The Bertz CT molecular complexity index is 927. The van der Waals surface area contributed by atoms with E-state index < -0.39 is 5.91 Å². The van der Waals surface area contributed by atoms with E-state index in [-0.39, 0.29) is 16.8 Å². The highest BCUT2D eigenvalue weighted by molar-refractivity contribution is 6.30. The van der Waals surface area contributed by atoms with Crippen molar-refractivity contribution in [1.29, 1.82) is 0 Å². The quantitative estimate of drug-likeness (QED) is 0.685. The molecule has 0 radical (unpaired) electrons. The van der Waals surface area contributed by atoms with Crippen LogP contribution in [0.4, 0.5) is 11.5 Å². The molecule has 8 heteroatoms. The van der Waals surface area contributed by atoms with Crippen LogP contribution >= 0.6 is 11.6 Å². The average Bonchev–Trinajstić information content (AvgIpc) is 2.80. The van der Waals surface area contributed by atoms with Crippen LogP contribution in [0.3, 0.4) is 0 Å². The number of anilines is 2. The molecule has 2 aromatic heterocycles. The van der Waals surface area contributed by atoms with Crippen molar-refractivity contribution in [2.24, 2.45) is 5.73 Å². The van der Waals surface area contributed by atoms with Crippen molar-refractivity contribution in [1.82, 2.24) is 14.6 Å². The Morgan fingerprint density at radius 2 is 2.05 bits per heavy atom. The number of fused-ring (bicyclic) bond motifs is 1.